The molecule has 2 N–H and O–H groups in total. The number of hydrogen-bond donors (Lipinski definition) is 1. The van der Waals surface area contributed by atoms with Gasteiger partial charge in [0.05, 0.1) is 7.11 Å². The number of methoxy groups -OCH3 is 1. The van der Waals surface area contributed by atoms with Gasteiger partial charge < -0.3 is 10.5 Å². The van der Waals surface area contributed by atoms with E-state index in [-0.39, 0.29) is 33.3 Å². The maximum Gasteiger partial charge on any atom is 0.348 e. The van der Waals surface area contributed by atoms with Crippen molar-refractivity contribution in [2.24, 2.45) is 11.7 Å². The Bertz CT molecular complexity index is 855. The quantitative estimate of drug-likeness (QED) is 0.755. The molecule has 26 heavy (non-hydrogen) atoms. The summed E-state index contributed by atoms with van der Waals surface area (Å²) >= 11 is 0.930. The molecular formula is C17H21ClN2O4S2. The number of sulfonamides is 1. The van der Waals surface area contributed by atoms with Gasteiger partial charge >= 0.3 is 5.97 Å². The summed E-state index contributed by atoms with van der Waals surface area (Å²) in [6.45, 7) is 1.19. The number of carbonyl (C=O) groups excluding carboxylic acids is 1. The Morgan fingerprint density at radius 3 is 2.54 bits per heavy atom. The number of nitrogens with two attached hydrogens (primary N) is 1. The maximum absolute atomic E-state index is 12.9. The Balaban J connectivity index is 0.00000243. The first-order valence-corrected chi connectivity index (χ1v) is 10.2. The van der Waals surface area contributed by atoms with Crippen LogP contribution in [0.2, 0.25) is 0 Å². The first-order chi connectivity index (χ1) is 12.0. The first-order valence-electron chi connectivity index (χ1n) is 7.90. The molecule has 1 aliphatic rings. The molecule has 6 nitrogen and oxygen atoms in total. The van der Waals surface area contributed by atoms with Crippen LogP contribution in [0.15, 0.2) is 46.7 Å². The van der Waals surface area contributed by atoms with Crippen LogP contribution in [0.3, 0.4) is 0 Å². The number of benzene rings is 1. The summed E-state index contributed by atoms with van der Waals surface area (Å²) in [6, 6.07) is 12.8. The van der Waals surface area contributed by atoms with Gasteiger partial charge in [0.1, 0.15) is 9.09 Å². The fourth-order valence-corrected chi connectivity index (χ4v) is 6.04. The first kappa shape index (κ1) is 20.9. The molecular weight excluding hydrogens is 396 g/mol. The number of ether oxygens (including phenoxy) is 1. The second kappa shape index (κ2) is 8.49. The van der Waals surface area contributed by atoms with Crippen molar-refractivity contribution >= 4 is 39.7 Å². The highest BCUT2D eigenvalue weighted by atomic mass is 35.5. The van der Waals surface area contributed by atoms with Crippen molar-refractivity contribution in [2.45, 2.75) is 10.1 Å². The van der Waals surface area contributed by atoms with Gasteiger partial charge in [-0.05, 0) is 30.2 Å². The summed E-state index contributed by atoms with van der Waals surface area (Å²) < 4.78 is 32.1. The second-order valence-corrected chi connectivity index (χ2v) is 9.19. The van der Waals surface area contributed by atoms with Crippen LogP contribution in [0, 0.1) is 5.92 Å². The zero-order valence-corrected chi connectivity index (χ0v) is 16.6. The second-order valence-electron chi connectivity index (χ2n) is 5.95. The number of carbonyl (C=O) groups is 1. The predicted octanol–water partition coefficient (Wildman–Crippen LogP) is 2.32. The Kier molecular flexibility index (Phi) is 6.81. The molecule has 1 fully saturated rings. The van der Waals surface area contributed by atoms with Crippen LogP contribution in [0.5, 0.6) is 0 Å². The third-order valence-corrected chi connectivity index (χ3v) is 7.86. The lowest BCUT2D eigenvalue weighted by molar-refractivity contribution is 0.0606. The van der Waals surface area contributed by atoms with Crippen LogP contribution in [0.25, 0.3) is 0 Å². The Labute approximate surface area is 163 Å². The largest absolute Gasteiger partial charge is 0.465 e. The van der Waals surface area contributed by atoms with Gasteiger partial charge in [0.2, 0.25) is 0 Å². The van der Waals surface area contributed by atoms with Gasteiger partial charge in [0, 0.05) is 19.0 Å². The molecule has 0 bridgehead atoms. The SMILES string of the molecule is COC(=O)c1ccc(S(=O)(=O)N2C[C@@H](CN)[C@H](c3ccccc3)C2)s1.Cl. The van der Waals surface area contributed by atoms with Crippen molar-refractivity contribution in [3.05, 3.63) is 52.9 Å². The molecule has 1 saturated heterocycles. The van der Waals surface area contributed by atoms with E-state index in [4.69, 9.17) is 5.73 Å². The molecule has 1 aromatic carbocycles. The molecule has 0 radical (unpaired) electrons. The molecule has 1 aliphatic heterocycles. The van der Waals surface area contributed by atoms with Crippen molar-refractivity contribution in [1.82, 2.24) is 4.31 Å². The van der Waals surface area contributed by atoms with Crippen LogP contribution in [-0.2, 0) is 14.8 Å². The molecule has 0 spiro atoms. The topological polar surface area (TPSA) is 89.7 Å². The van der Waals surface area contributed by atoms with E-state index in [9.17, 15) is 13.2 Å². The molecule has 2 atom stereocenters. The number of rotatable bonds is 5. The Hall–Kier alpha value is -1.45. The van der Waals surface area contributed by atoms with Crippen molar-refractivity contribution in [3.63, 3.8) is 0 Å². The molecule has 142 valence electrons. The van der Waals surface area contributed by atoms with Crippen molar-refractivity contribution in [2.75, 3.05) is 26.7 Å². The van der Waals surface area contributed by atoms with Gasteiger partial charge in [-0.1, -0.05) is 30.3 Å². The zero-order chi connectivity index (χ0) is 18.0. The average molecular weight is 417 g/mol. The molecule has 2 heterocycles. The molecule has 9 heteroatoms. The van der Waals surface area contributed by atoms with E-state index >= 15 is 0 Å². The van der Waals surface area contributed by atoms with E-state index < -0.39 is 16.0 Å². The van der Waals surface area contributed by atoms with E-state index in [1.165, 1.54) is 23.5 Å². The van der Waals surface area contributed by atoms with Crippen LogP contribution < -0.4 is 5.73 Å². The van der Waals surface area contributed by atoms with Crippen LogP contribution in [0.4, 0.5) is 0 Å². The van der Waals surface area contributed by atoms with E-state index in [1.807, 2.05) is 30.3 Å². The standard InChI is InChI=1S/C17H20N2O4S2.ClH/c1-23-17(20)15-7-8-16(24-15)25(21,22)19-10-13(9-18)14(11-19)12-5-3-2-4-6-12;/h2-8,13-14H,9-11,18H2,1H3;1H/t13-,14+;/m1./s1. The van der Waals surface area contributed by atoms with Crippen molar-refractivity contribution < 1.29 is 17.9 Å². The van der Waals surface area contributed by atoms with Gasteiger partial charge in [-0.25, -0.2) is 13.2 Å². The number of halogens is 1. The third kappa shape index (κ3) is 3.94. The highest BCUT2D eigenvalue weighted by Gasteiger charge is 2.40. The number of esters is 1. The smallest absolute Gasteiger partial charge is 0.348 e. The van der Waals surface area contributed by atoms with E-state index in [2.05, 4.69) is 4.74 Å². The molecule has 1 aromatic heterocycles. The van der Waals surface area contributed by atoms with Crippen LogP contribution in [0.1, 0.15) is 21.2 Å². The third-order valence-electron chi connectivity index (χ3n) is 4.50. The summed E-state index contributed by atoms with van der Waals surface area (Å²) in [6.07, 6.45) is 0. The lowest BCUT2D eigenvalue weighted by Gasteiger charge is -2.16. The summed E-state index contributed by atoms with van der Waals surface area (Å²) in [4.78, 5) is 11.8. The predicted molar refractivity (Wildman–Crippen MR) is 103 cm³/mol. The highest BCUT2D eigenvalue weighted by Crippen LogP contribution is 2.36. The zero-order valence-electron chi connectivity index (χ0n) is 14.2. The van der Waals surface area contributed by atoms with Gasteiger partial charge in [-0.3, -0.25) is 0 Å². The Morgan fingerprint density at radius 2 is 1.92 bits per heavy atom. The average Bonchev–Trinajstić information content (AvgIpc) is 3.29. The van der Waals surface area contributed by atoms with Crippen molar-refractivity contribution in [1.29, 1.82) is 0 Å². The van der Waals surface area contributed by atoms with Gasteiger partial charge in [0.25, 0.3) is 10.0 Å². The molecule has 3 rings (SSSR count). The van der Waals surface area contributed by atoms with Crippen LogP contribution in [-0.4, -0.2) is 45.4 Å². The number of nitrogens with zero attached hydrogens (tertiary/aromatic N) is 1. The minimum absolute atomic E-state index is 0. The molecule has 2 aromatic rings. The minimum Gasteiger partial charge on any atom is -0.465 e. The summed E-state index contributed by atoms with van der Waals surface area (Å²) in [5.41, 5.74) is 6.98. The fourth-order valence-electron chi connectivity index (χ4n) is 3.14. The maximum atomic E-state index is 12.9. The van der Waals surface area contributed by atoms with E-state index in [0.29, 0.717) is 19.6 Å². The minimum atomic E-state index is -3.66. The van der Waals surface area contributed by atoms with E-state index in [1.54, 1.807) is 0 Å². The Morgan fingerprint density at radius 1 is 1.23 bits per heavy atom. The monoisotopic (exact) mass is 416 g/mol. The van der Waals surface area contributed by atoms with Gasteiger partial charge in [-0.2, -0.15) is 4.31 Å². The van der Waals surface area contributed by atoms with E-state index in [0.717, 1.165) is 16.9 Å². The number of thiophene rings is 1. The molecule has 0 unspecified atom stereocenters. The van der Waals surface area contributed by atoms with Gasteiger partial charge in [-0.15, -0.1) is 23.7 Å². The highest BCUT2D eigenvalue weighted by molar-refractivity contribution is 7.91. The fraction of sp³-hybridized carbons (Fsp3) is 0.353. The summed E-state index contributed by atoms with van der Waals surface area (Å²) in [7, 11) is -2.38. The molecule has 0 aliphatic carbocycles. The molecule has 0 saturated carbocycles. The summed E-state index contributed by atoms with van der Waals surface area (Å²) in [5, 5.41) is 0. The lowest BCUT2D eigenvalue weighted by Crippen LogP contribution is -2.29. The molecule has 0 amide bonds. The van der Waals surface area contributed by atoms with Gasteiger partial charge in [0.15, 0.2) is 0 Å². The summed E-state index contributed by atoms with van der Waals surface area (Å²) in [5.74, 6) is -0.395. The normalized spacial score (nSPS) is 20.5. The lowest BCUT2D eigenvalue weighted by atomic mass is 9.89. The van der Waals surface area contributed by atoms with Crippen molar-refractivity contribution in [3.8, 4) is 0 Å². The number of hydrogen-bond acceptors (Lipinski definition) is 6. The van der Waals surface area contributed by atoms with Crippen LogP contribution >= 0.6 is 23.7 Å².